The van der Waals surface area contributed by atoms with Crippen molar-refractivity contribution in [1.29, 1.82) is 0 Å². The maximum absolute atomic E-state index is 9.61. The van der Waals surface area contributed by atoms with Crippen LogP contribution in [-0.2, 0) is 6.54 Å². The minimum absolute atomic E-state index is 0.255. The lowest BCUT2D eigenvalue weighted by Gasteiger charge is -2.09. The second kappa shape index (κ2) is 5.34. The number of hydrogen-bond donors (Lipinski definition) is 3. The number of hydrogen-bond acceptors (Lipinski definition) is 3. The predicted octanol–water partition coefficient (Wildman–Crippen LogP) is 1.63. The highest BCUT2D eigenvalue weighted by atomic mass is 79.9. The second-order valence-electron chi connectivity index (χ2n) is 3.23. The topological polar surface area (TPSA) is 52.5 Å². The summed E-state index contributed by atoms with van der Waals surface area (Å²) in [4.78, 5) is 0. The number of rotatable bonds is 4. The third-order valence-electron chi connectivity index (χ3n) is 1.83. The van der Waals surface area contributed by atoms with E-state index in [1.807, 2.05) is 12.1 Å². The number of aliphatic hydroxyl groups excluding tert-OH is 1. The molecule has 1 aromatic rings. The molecule has 1 rings (SSSR count). The molecule has 14 heavy (non-hydrogen) atoms. The average Bonchev–Trinajstić information content (AvgIpc) is 2.12. The van der Waals surface area contributed by atoms with Gasteiger partial charge in [0.15, 0.2) is 0 Å². The molecule has 78 valence electrons. The van der Waals surface area contributed by atoms with Crippen molar-refractivity contribution in [2.45, 2.75) is 19.6 Å². The van der Waals surface area contributed by atoms with Gasteiger partial charge in [0.25, 0.3) is 0 Å². The number of aliphatic hydroxyl groups is 1. The molecule has 1 atom stereocenters. The molecule has 0 bridgehead atoms. The smallest absolute Gasteiger partial charge is 0.134 e. The lowest BCUT2D eigenvalue weighted by atomic mass is 10.2. The zero-order valence-electron chi connectivity index (χ0n) is 8.00. The van der Waals surface area contributed by atoms with Gasteiger partial charge in [0, 0.05) is 18.7 Å². The molecule has 1 aromatic carbocycles. The predicted molar refractivity (Wildman–Crippen MR) is 59.2 cm³/mol. The molecular formula is C10H14BrNO2. The standard InChI is InChI=1S/C10H14BrNO2/c1-7(13)5-12-6-8-3-2-4-9(11)10(8)14/h2-4,7,12-14H,5-6H2,1H3. The first-order valence-corrected chi connectivity index (χ1v) is 5.25. The maximum Gasteiger partial charge on any atom is 0.134 e. The molecule has 0 spiro atoms. The van der Waals surface area contributed by atoms with Crippen molar-refractivity contribution in [3.05, 3.63) is 28.2 Å². The number of benzene rings is 1. The quantitative estimate of drug-likeness (QED) is 0.771. The van der Waals surface area contributed by atoms with Gasteiger partial charge >= 0.3 is 0 Å². The van der Waals surface area contributed by atoms with Crippen LogP contribution in [0.5, 0.6) is 5.75 Å². The number of phenols is 1. The fraction of sp³-hybridized carbons (Fsp3) is 0.400. The van der Waals surface area contributed by atoms with Crippen LogP contribution in [0.25, 0.3) is 0 Å². The molecule has 4 heteroatoms. The van der Waals surface area contributed by atoms with Crippen LogP contribution < -0.4 is 5.32 Å². The first-order chi connectivity index (χ1) is 6.61. The van der Waals surface area contributed by atoms with E-state index in [0.717, 1.165) is 5.56 Å². The van der Waals surface area contributed by atoms with Crippen LogP contribution in [0.4, 0.5) is 0 Å². The van der Waals surface area contributed by atoms with Gasteiger partial charge in [0.1, 0.15) is 5.75 Å². The molecule has 0 aliphatic rings. The molecule has 3 nitrogen and oxygen atoms in total. The highest BCUT2D eigenvalue weighted by Crippen LogP contribution is 2.26. The van der Waals surface area contributed by atoms with E-state index < -0.39 is 0 Å². The largest absolute Gasteiger partial charge is 0.506 e. The first kappa shape index (κ1) is 11.5. The Labute approximate surface area is 91.9 Å². The minimum atomic E-state index is -0.371. The Kier molecular flexibility index (Phi) is 4.38. The average molecular weight is 260 g/mol. The van der Waals surface area contributed by atoms with Gasteiger partial charge in [-0.25, -0.2) is 0 Å². The van der Waals surface area contributed by atoms with Gasteiger partial charge < -0.3 is 15.5 Å². The maximum atomic E-state index is 9.61. The fourth-order valence-electron chi connectivity index (χ4n) is 1.12. The molecule has 0 fully saturated rings. The molecule has 1 unspecified atom stereocenters. The zero-order chi connectivity index (χ0) is 10.6. The van der Waals surface area contributed by atoms with Gasteiger partial charge in [0.2, 0.25) is 0 Å². The third-order valence-corrected chi connectivity index (χ3v) is 2.47. The van der Waals surface area contributed by atoms with E-state index in [0.29, 0.717) is 17.6 Å². The van der Waals surface area contributed by atoms with Crippen LogP contribution in [0.3, 0.4) is 0 Å². The molecule has 0 amide bonds. The SMILES string of the molecule is CC(O)CNCc1cccc(Br)c1O. The van der Waals surface area contributed by atoms with Gasteiger partial charge in [-0.05, 0) is 28.9 Å². The van der Waals surface area contributed by atoms with Crippen LogP contribution in [0, 0.1) is 0 Å². The van der Waals surface area contributed by atoms with E-state index >= 15 is 0 Å². The Bertz CT molecular complexity index is 302. The van der Waals surface area contributed by atoms with Gasteiger partial charge in [-0.1, -0.05) is 12.1 Å². The zero-order valence-corrected chi connectivity index (χ0v) is 9.58. The summed E-state index contributed by atoms with van der Waals surface area (Å²) < 4.78 is 0.689. The molecule has 0 saturated carbocycles. The third kappa shape index (κ3) is 3.29. The molecule has 0 heterocycles. The van der Waals surface area contributed by atoms with Crippen LogP contribution in [0.15, 0.2) is 22.7 Å². The molecule has 0 aliphatic heterocycles. The summed E-state index contributed by atoms with van der Waals surface area (Å²) in [6.07, 6.45) is -0.371. The summed E-state index contributed by atoms with van der Waals surface area (Å²) in [6, 6.07) is 5.49. The van der Waals surface area contributed by atoms with E-state index in [-0.39, 0.29) is 11.9 Å². The number of aromatic hydroxyl groups is 1. The van der Waals surface area contributed by atoms with E-state index in [1.54, 1.807) is 13.0 Å². The summed E-state index contributed by atoms with van der Waals surface area (Å²) in [6.45, 7) is 2.79. The van der Waals surface area contributed by atoms with Crippen molar-refractivity contribution >= 4 is 15.9 Å². The summed E-state index contributed by atoms with van der Waals surface area (Å²) in [7, 11) is 0. The van der Waals surface area contributed by atoms with Crippen molar-refractivity contribution in [2.75, 3.05) is 6.54 Å². The lowest BCUT2D eigenvalue weighted by molar-refractivity contribution is 0.191. The fourth-order valence-corrected chi connectivity index (χ4v) is 1.53. The number of nitrogens with one attached hydrogen (secondary N) is 1. The van der Waals surface area contributed by atoms with Crippen molar-refractivity contribution < 1.29 is 10.2 Å². The molecule has 0 aliphatic carbocycles. The molecule has 0 aromatic heterocycles. The molecule has 0 saturated heterocycles. The van der Waals surface area contributed by atoms with Gasteiger partial charge in [0.05, 0.1) is 10.6 Å². The number of phenolic OH excluding ortho intramolecular Hbond substituents is 1. The van der Waals surface area contributed by atoms with Gasteiger partial charge in [-0.2, -0.15) is 0 Å². The summed E-state index contributed by atoms with van der Waals surface area (Å²) in [5.74, 6) is 0.255. The van der Waals surface area contributed by atoms with E-state index in [4.69, 9.17) is 5.11 Å². The lowest BCUT2D eigenvalue weighted by Crippen LogP contribution is -2.23. The minimum Gasteiger partial charge on any atom is -0.506 e. The van der Waals surface area contributed by atoms with Crippen molar-refractivity contribution in [3.63, 3.8) is 0 Å². The Morgan fingerprint density at radius 2 is 2.21 bits per heavy atom. The Balaban J connectivity index is 2.54. The van der Waals surface area contributed by atoms with E-state index in [1.165, 1.54) is 0 Å². The first-order valence-electron chi connectivity index (χ1n) is 4.46. The summed E-state index contributed by atoms with van der Waals surface area (Å²) >= 11 is 3.24. The van der Waals surface area contributed by atoms with E-state index in [9.17, 15) is 5.11 Å². The normalized spacial score (nSPS) is 12.8. The number of halogens is 1. The van der Waals surface area contributed by atoms with Crippen LogP contribution in [0.1, 0.15) is 12.5 Å². The monoisotopic (exact) mass is 259 g/mol. The Hall–Kier alpha value is -0.580. The van der Waals surface area contributed by atoms with Crippen LogP contribution in [0.2, 0.25) is 0 Å². The van der Waals surface area contributed by atoms with Crippen LogP contribution >= 0.6 is 15.9 Å². The van der Waals surface area contributed by atoms with Crippen molar-refractivity contribution in [3.8, 4) is 5.75 Å². The Morgan fingerprint density at radius 3 is 2.86 bits per heavy atom. The molecular weight excluding hydrogens is 246 g/mol. The second-order valence-corrected chi connectivity index (χ2v) is 4.08. The summed E-state index contributed by atoms with van der Waals surface area (Å²) in [5, 5.41) is 21.7. The van der Waals surface area contributed by atoms with Gasteiger partial charge in [-0.15, -0.1) is 0 Å². The van der Waals surface area contributed by atoms with Crippen molar-refractivity contribution in [1.82, 2.24) is 5.32 Å². The highest BCUT2D eigenvalue weighted by Gasteiger charge is 2.04. The molecule has 0 radical (unpaired) electrons. The van der Waals surface area contributed by atoms with Gasteiger partial charge in [-0.3, -0.25) is 0 Å². The van der Waals surface area contributed by atoms with Crippen molar-refractivity contribution in [2.24, 2.45) is 0 Å². The number of para-hydroxylation sites is 1. The molecule has 3 N–H and O–H groups in total. The Morgan fingerprint density at radius 1 is 1.50 bits per heavy atom. The highest BCUT2D eigenvalue weighted by molar-refractivity contribution is 9.10. The summed E-state index contributed by atoms with van der Waals surface area (Å²) in [5.41, 5.74) is 0.819. The van der Waals surface area contributed by atoms with Crippen LogP contribution in [-0.4, -0.2) is 22.9 Å². The van der Waals surface area contributed by atoms with E-state index in [2.05, 4.69) is 21.2 Å².